The van der Waals surface area contributed by atoms with Gasteiger partial charge in [-0.15, -0.1) is 0 Å². The van der Waals surface area contributed by atoms with E-state index in [1.54, 1.807) is 18.4 Å². The monoisotopic (exact) mass is 316 g/mol. The summed E-state index contributed by atoms with van der Waals surface area (Å²) in [4.78, 5) is 28.8. The minimum Gasteiger partial charge on any atom is -0.461 e. The van der Waals surface area contributed by atoms with Gasteiger partial charge in [0.1, 0.15) is 5.82 Å². The molecule has 0 atom stereocenters. The maximum absolute atomic E-state index is 12.3. The molecule has 6 nitrogen and oxygen atoms in total. The van der Waals surface area contributed by atoms with Gasteiger partial charge in [-0.25, -0.2) is 14.6 Å². The lowest BCUT2D eigenvalue weighted by molar-refractivity contribution is 0.0467. The van der Waals surface area contributed by atoms with E-state index in [1.807, 2.05) is 37.3 Å². The Morgan fingerprint density at radius 2 is 1.61 bits per heavy atom. The number of aromatic nitrogens is 2. The average Bonchev–Trinajstić information content (AvgIpc) is 2.96. The highest BCUT2D eigenvalue weighted by Gasteiger charge is 2.29. The molecule has 0 bridgehead atoms. The second kappa shape index (κ2) is 7.58. The number of esters is 2. The minimum atomic E-state index is -0.625. The van der Waals surface area contributed by atoms with Gasteiger partial charge in [-0.05, 0) is 20.8 Å². The largest absolute Gasteiger partial charge is 0.461 e. The van der Waals surface area contributed by atoms with Gasteiger partial charge in [0.25, 0.3) is 0 Å². The molecule has 2 aromatic rings. The van der Waals surface area contributed by atoms with E-state index in [4.69, 9.17) is 9.47 Å². The van der Waals surface area contributed by atoms with E-state index in [0.717, 1.165) is 5.56 Å². The van der Waals surface area contributed by atoms with Crippen molar-refractivity contribution < 1.29 is 19.1 Å². The summed E-state index contributed by atoms with van der Waals surface area (Å²) in [7, 11) is 0. The third-order valence-corrected chi connectivity index (χ3v) is 3.25. The quantitative estimate of drug-likeness (QED) is 0.766. The van der Waals surface area contributed by atoms with Gasteiger partial charge in [0.2, 0.25) is 0 Å². The van der Waals surface area contributed by atoms with Gasteiger partial charge in [-0.2, -0.15) is 0 Å². The third kappa shape index (κ3) is 3.41. The number of benzene rings is 1. The van der Waals surface area contributed by atoms with Gasteiger partial charge in [0, 0.05) is 12.1 Å². The summed E-state index contributed by atoms with van der Waals surface area (Å²) in [6.45, 7) is 6.21. The van der Waals surface area contributed by atoms with E-state index in [2.05, 4.69) is 4.98 Å². The molecule has 0 aliphatic carbocycles. The molecular weight excluding hydrogens is 296 g/mol. The van der Waals surface area contributed by atoms with E-state index < -0.39 is 11.9 Å². The van der Waals surface area contributed by atoms with Crippen molar-refractivity contribution in [3.63, 3.8) is 0 Å². The van der Waals surface area contributed by atoms with Crippen molar-refractivity contribution in [3.05, 3.63) is 41.7 Å². The molecule has 0 N–H and O–H groups in total. The summed E-state index contributed by atoms with van der Waals surface area (Å²) < 4.78 is 11.8. The SMILES string of the molecule is CCOC(=O)c1nc(-c2ccccc2)n(CC)c1C(=O)OCC. The minimum absolute atomic E-state index is 0.00833. The summed E-state index contributed by atoms with van der Waals surface area (Å²) >= 11 is 0. The molecular formula is C17H20N2O4. The van der Waals surface area contributed by atoms with Crippen LogP contribution in [0.4, 0.5) is 0 Å². The van der Waals surface area contributed by atoms with E-state index in [0.29, 0.717) is 12.4 Å². The fraction of sp³-hybridized carbons (Fsp3) is 0.353. The Morgan fingerprint density at radius 1 is 1.00 bits per heavy atom. The first kappa shape index (κ1) is 16.7. The smallest absolute Gasteiger partial charge is 0.359 e. The Labute approximate surface area is 135 Å². The molecule has 0 saturated carbocycles. The van der Waals surface area contributed by atoms with Gasteiger partial charge in [0.15, 0.2) is 11.4 Å². The summed E-state index contributed by atoms with van der Waals surface area (Å²) in [6, 6.07) is 9.38. The summed E-state index contributed by atoms with van der Waals surface area (Å²) in [6.07, 6.45) is 0. The predicted molar refractivity (Wildman–Crippen MR) is 85.3 cm³/mol. The molecule has 6 heteroatoms. The summed E-state index contributed by atoms with van der Waals surface area (Å²) in [5.41, 5.74) is 0.938. The summed E-state index contributed by atoms with van der Waals surface area (Å²) in [5, 5.41) is 0. The fourth-order valence-corrected chi connectivity index (χ4v) is 2.32. The van der Waals surface area contributed by atoms with E-state index in [-0.39, 0.29) is 24.6 Å². The molecule has 0 amide bonds. The maximum atomic E-state index is 12.3. The van der Waals surface area contributed by atoms with Crippen LogP contribution in [-0.4, -0.2) is 34.7 Å². The van der Waals surface area contributed by atoms with Crippen molar-refractivity contribution in [2.45, 2.75) is 27.3 Å². The van der Waals surface area contributed by atoms with E-state index in [1.165, 1.54) is 0 Å². The molecule has 0 saturated heterocycles. The van der Waals surface area contributed by atoms with Gasteiger partial charge >= 0.3 is 11.9 Å². The Kier molecular flexibility index (Phi) is 5.51. The topological polar surface area (TPSA) is 70.4 Å². The molecule has 2 rings (SSSR count). The Bertz CT molecular complexity index is 692. The van der Waals surface area contributed by atoms with Crippen LogP contribution >= 0.6 is 0 Å². The normalized spacial score (nSPS) is 10.4. The molecule has 23 heavy (non-hydrogen) atoms. The van der Waals surface area contributed by atoms with Crippen molar-refractivity contribution in [1.29, 1.82) is 0 Å². The van der Waals surface area contributed by atoms with Crippen LogP contribution in [0.15, 0.2) is 30.3 Å². The van der Waals surface area contributed by atoms with Crippen LogP contribution < -0.4 is 0 Å². The van der Waals surface area contributed by atoms with E-state index >= 15 is 0 Å². The maximum Gasteiger partial charge on any atom is 0.359 e. The molecule has 0 fully saturated rings. The average molecular weight is 316 g/mol. The third-order valence-electron chi connectivity index (χ3n) is 3.25. The van der Waals surface area contributed by atoms with Crippen LogP contribution in [0.1, 0.15) is 41.7 Å². The zero-order chi connectivity index (χ0) is 16.8. The van der Waals surface area contributed by atoms with Crippen LogP contribution in [0, 0.1) is 0 Å². The molecule has 0 aliphatic rings. The van der Waals surface area contributed by atoms with Crippen molar-refractivity contribution in [3.8, 4) is 11.4 Å². The molecule has 0 unspecified atom stereocenters. The zero-order valence-corrected chi connectivity index (χ0v) is 13.5. The number of carbonyl (C=O) groups excluding carboxylic acids is 2. The van der Waals surface area contributed by atoms with Crippen LogP contribution in [0.2, 0.25) is 0 Å². The number of hydrogen-bond acceptors (Lipinski definition) is 5. The van der Waals surface area contributed by atoms with Crippen molar-refractivity contribution in [2.75, 3.05) is 13.2 Å². The first-order chi connectivity index (χ1) is 11.1. The first-order valence-electron chi connectivity index (χ1n) is 7.64. The molecule has 122 valence electrons. The van der Waals surface area contributed by atoms with Crippen LogP contribution in [-0.2, 0) is 16.0 Å². The highest BCUT2D eigenvalue weighted by atomic mass is 16.5. The number of carbonyl (C=O) groups is 2. The molecule has 1 heterocycles. The number of rotatable bonds is 6. The summed E-state index contributed by atoms with van der Waals surface area (Å²) in [5.74, 6) is -0.661. The standard InChI is InChI=1S/C17H20N2O4/c1-4-19-14(17(21)23-6-3)13(16(20)22-5-2)18-15(19)12-10-8-7-9-11-12/h7-11H,4-6H2,1-3H3. The highest BCUT2D eigenvalue weighted by Crippen LogP contribution is 2.24. The number of hydrogen-bond donors (Lipinski definition) is 0. The van der Waals surface area contributed by atoms with Crippen molar-refractivity contribution >= 4 is 11.9 Å². The second-order valence-corrected chi connectivity index (χ2v) is 4.68. The van der Waals surface area contributed by atoms with Crippen molar-refractivity contribution in [1.82, 2.24) is 9.55 Å². The van der Waals surface area contributed by atoms with Gasteiger partial charge in [-0.1, -0.05) is 30.3 Å². The second-order valence-electron chi connectivity index (χ2n) is 4.68. The molecule has 0 radical (unpaired) electrons. The predicted octanol–water partition coefficient (Wildman–Crippen LogP) is 2.92. The van der Waals surface area contributed by atoms with Gasteiger partial charge < -0.3 is 14.0 Å². The zero-order valence-electron chi connectivity index (χ0n) is 13.5. The van der Waals surface area contributed by atoms with Crippen LogP contribution in [0.3, 0.4) is 0 Å². The number of nitrogens with zero attached hydrogens (tertiary/aromatic N) is 2. The Balaban J connectivity index is 2.63. The number of imidazole rings is 1. The van der Waals surface area contributed by atoms with E-state index in [9.17, 15) is 9.59 Å². The molecule has 1 aromatic heterocycles. The lowest BCUT2D eigenvalue weighted by Gasteiger charge is -2.09. The van der Waals surface area contributed by atoms with Crippen LogP contribution in [0.25, 0.3) is 11.4 Å². The fourth-order valence-electron chi connectivity index (χ4n) is 2.32. The van der Waals surface area contributed by atoms with Gasteiger partial charge in [0.05, 0.1) is 13.2 Å². The molecule has 0 aliphatic heterocycles. The molecule has 1 aromatic carbocycles. The highest BCUT2D eigenvalue weighted by molar-refractivity contribution is 6.01. The van der Waals surface area contributed by atoms with Gasteiger partial charge in [-0.3, -0.25) is 0 Å². The van der Waals surface area contributed by atoms with Crippen LogP contribution in [0.5, 0.6) is 0 Å². The molecule has 0 spiro atoms. The lowest BCUT2D eigenvalue weighted by Crippen LogP contribution is -2.17. The van der Waals surface area contributed by atoms with Crippen molar-refractivity contribution in [2.24, 2.45) is 0 Å². The Hall–Kier alpha value is -2.63. The Morgan fingerprint density at radius 3 is 2.17 bits per heavy atom. The lowest BCUT2D eigenvalue weighted by atomic mass is 10.2. The number of ether oxygens (including phenoxy) is 2. The first-order valence-corrected chi connectivity index (χ1v) is 7.64.